The molecular weight excluding hydrogens is 564 g/mol. The number of aliphatic hydroxyl groups excluding tert-OH is 2. The summed E-state index contributed by atoms with van der Waals surface area (Å²) >= 11 is 0.750. The standard InChI is InChI=1S/C12H26O.2C12H25.C3H8O.O.Ti/c1-2-3-4-5-6-7-8-9-10-11-12-13;2*1-3-5-7-9-11-12-10-8-6-4-2;1-3(2)4;;/h13H,2-12H2,1H3;2*1,3-12H2,2H3;3-4H,1-2H3;;/q;2*-1;;;+2. The predicted octanol–water partition coefficient (Wildman–Crippen LogP) is 13.6. The second kappa shape index (κ2) is 61.4. The van der Waals surface area contributed by atoms with Crippen LogP contribution in [-0.4, -0.2) is 22.9 Å². The maximum absolute atomic E-state index is 8.57. The van der Waals surface area contributed by atoms with Gasteiger partial charge in [-0.05, 0) is 20.3 Å². The molecule has 4 heteroatoms. The first-order valence-electron chi connectivity index (χ1n) is 19.1. The summed E-state index contributed by atoms with van der Waals surface area (Å²) in [4.78, 5) is 0. The molecule has 0 aromatic heterocycles. The monoisotopic (exact) mass is 649 g/mol. The molecule has 2 N–H and O–H groups in total. The van der Waals surface area contributed by atoms with Crippen molar-refractivity contribution in [2.45, 2.75) is 233 Å². The maximum atomic E-state index is 8.57. The Morgan fingerprint density at radius 2 is 0.581 bits per heavy atom. The molecule has 0 atom stereocenters. The van der Waals surface area contributed by atoms with E-state index in [1.165, 1.54) is 173 Å². The van der Waals surface area contributed by atoms with Gasteiger partial charge in [0.15, 0.2) is 0 Å². The summed E-state index contributed by atoms with van der Waals surface area (Å²) in [7, 11) is 0. The molecule has 0 aliphatic rings. The van der Waals surface area contributed by atoms with Crippen LogP contribution in [0.5, 0.6) is 0 Å². The molecular formula is C39H84O3Ti. The summed E-state index contributed by atoms with van der Waals surface area (Å²) in [5.41, 5.74) is 0. The molecule has 0 radical (unpaired) electrons. The van der Waals surface area contributed by atoms with Gasteiger partial charge < -0.3 is 24.1 Å². The van der Waals surface area contributed by atoms with E-state index < -0.39 is 0 Å². The SMILES string of the molecule is CC(C)O.CCCCCCCCCCCCO.[CH2-]CCCCCCCCCCC.[CH2-]CCCCCCCCCCC.[O]=[Ti+2]. The van der Waals surface area contributed by atoms with Crippen molar-refractivity contribution in [1.29, 1.82) is 0 Å². The summed E-state index contributed by atoms with van der Waals surface area (Å²) < 4.78 is 8.25. The third kappa shape index (κ3) is 85.8. The zero-order valence-corrected chi connectivity index (χ0v) is 32.3. The van der Waals surface area contributed by atoms with Crippen LogP contribution in [-0.2, 0) is 23.7 Å². The van der Waals surface area contributed by atoms with Crippen molar-refractivity contribution < 1.29 is 33.9 Å². The van der Waals surface area contributed by atoms with Crippen LogP contribution < -0.4 is 0 Å². The molecule has 0 aromatic rings. The second-order valence-corrected chi connectivity index (χ2v) is 12.4. The van der Waals surface area contributed by atoms with Crippen LogP contribution in [0.4, 0.5) is 0 Å². The summed E-state index contributed by atoms with van der Waals surface area (Å²) in [5.74, 6) is 0. The zero-order valence-electron chi connectivity index (χ0n) is 30.7. The topological polar surface area (TPSA) is 57.5 Å². The van der Waals surface area contributed by atoms with E-state index in [1.807, 2.05) is 0 Å². The van der Waals surface area contributed by atoms with Crippen LogP contribution in [0.15, 0.2) is 0 Å². The van der Waals surface area contributed by atoms with Crippen LogP contribution in [0.3, 0.4) is 0 Å². The Kier molecular flexibility index (Phi) is 75.7. The fourth-order valence-electron chi connectivity index (χ4n) is 4.57. The molecule has 0 spiro atoms. The first kappa shape index (κ1) is 52.9. The van der Waals surface area contributed by atoms with Crippen molar-refractivity contribution in [1.82, 2.24) is 0 Å². The van der Waals surface area contributed by atoms with Crippen LogP contribution in [0.1, 0.15) is 227 Å². The van der Waals surface area contributed by atoms with Gasteiger partial charge in [-0.25, -0.2) is 0 Å². The molecule has 0 aromatic carbocycles. The van der Waals surface area contributed by atoms with Crippen molar-refractivity contribution in [3.8, 4) is 0 Å². The molecule has 0 saturated heterocycles. The average Bonchev–Trinajstić information content (AvgIpc) is 3.00. The molecule has 3 nitrogen and oxygen atoms in total. The van der Waals surface area contributed by atoms with Crippen LogP contribution >= 0.6 is 0 Å². The fourth-order valence-corrected chi connectivity index (χ4v) is 4.57. The van der Waals surface area contributed by atoms with Crippen molar-refractivity contribution in [3.05, 3.63) is 13.8 Å². The Labute approximate surface area is 286 Å². The third-order valence-electron chi connectivity index (χ3n) is 7.22. The molecule has 0 saturated carbocycles. The molecule has 0 amide bonds. The first-order valence-corrected chi connectivity index (χ1v) is 19.7. The quantitative estimate of drug-likeness (QED) is 0.0504. The van der Waals surface area contributed by atoms with E-state index in [0.29, 0.717) is 6.61 Å². The zero-order chi connectivity index (χ0) is 33.5. The summed E-state index contributed by atoms with van der Waals surface area (Å²) in [5, 5.41) is 16.6. The molecule has 0 aliphatic carbocycles. The Balaban J connectivity index is -0.000000153. The van der Waals surface area contributed by atoms with Crippen LogP contribution in [0.2, 0.25) is 0 Å². The van der Waals surface area contributed by atoms with Gasteiger partial charge in [-0.3, -0.25) is 0 Å². The van der Waals surface area contributed by atoms with Crippen molar-refractivity contribution in [2.24, 2.45) is 0 Å². The molecule has 0 heterocycles. The third-order valence-corrected chi connectivity index (χ3v) is 7.22. The number of rotatable bonds is 28. The van der Waals surface area contributed by atoms with Gasteiger partial charge in [-0.1, -0.05) is 194 Å². The Hall–Kier alpha value is 0.434. The first-order chi connectivity index (χ1) is 21.0. The molecule has 262 valence electrons. The normalized spacial score (nSPS) is 10.0. The van der Waals surface area contributed by atoms with E-state index in [0.717, 1.165) is 39.7 Å². The van der Waals surface area contributed by atoms with Crippen LogP contribution in [0, 0.1) is 13.8 Å². The summed E-state index contributed by atoms with van der Waals surface area (Å²) in [6.45, 7) is 18.3. The Bertz CT molecular complexity index is 327. The molecule has 0 aliphatic heterocycles. The van der Waals surface area contributed by atoms with Gasteiger partial charge in [0.25, 0.3) is 0 Å². The van der Waals surface area contributed by atoms with E-state index >= 15 is 0 Å². The van der Waals surface area contributed by atoms with Gasteiger partial charge in [0.05, 0.1) is 0 Å². The van der Waals surface area contributed by atoms with Gasteiger partial charge in [0.2, 0.25) is 0 Å². The van der Waals surface area contributed by atoms with Crippen molar-refractivity contribution >= 4 is 0 Å². The Morgan fingerprint density at radius 1 is 0.419 bits per heavy atom. The molecule has 43 heavy (non-hydrogen) atoms. The van der Waals surface area contributed by atoms with Gasteiger partial charge in [0, 0.05) is 12.7 Å². The molecule has 0 unspecified atom stereocenters. The molecule has 0 fully saturated rings. The van der Waals surface area contributed by atoms with Gasteiger partial charge in [-0.2, -0.15) is 12.8 Å². The van der Waals surface area contributed by atoms with Gasteiger partial charge in [-0.15, -0.1) is 0 Å². The van der Waals surface area contributed by atoms with Crippen molar-refractivity contribution in [3.63, 3.8) is 0 Å². The summed E-state index contributed by atoms with van der Waals surface area (Å²) in [6, 6.07) is 0. The predicted molar refractivity (Wildman–Crippen MR) is 191 cm³/mol. The number of hydrogen-bond donors (Lipinski definition) is 2. The summed E-state index contributed by atoms with van der Waals surface area (Å²) in [6.07, 6.45) is 40.9. The van der Waals surface area contributed by atoms with E-state index in [9.17, 15) is 0 Å². The minimum absolute atomic E-state index is 0.167. The van der Waals surface area contributed by atoms with E-state index in [2.05, 4.69) is 34.6 Å². The average molecular weight is 649 g/mol. The van der Waals surface area contributed by atoms with Crippen LogP contribution in [0.25, 0.3) is 0 Å². The Morgan fingerprint density at radius 3 is 0.744 bits per heavy atom. The van der Waals surface area contributed by atoms with Crippen molar-refractivity contribution in [2.75, 3.05) is 6.61 Å². The number of hydrogen-bond acceptors (Lipinski definition) is 3. The van der Waals surface area contributed by atoms with E-state index in [1.54, 1.807) is 13.8 Å². The molecule has 0 bridgehead atoms. The van der Waals surface area contributed by atoms with E-state index in [-0.39, 0.29) is 6.10 Å². The molecule has 0 rings (SSSR count). The van der Waals surface area contributed by atoms with E-state index in [4.69, 9.17) is 13.5 Å². The second-order valence-electron chi connectivity index (χ2n) is 12.4. The van der Waals surface area contributed by atoms with Gasteiger partial charge in [0.1, 0.15) is 0 Å². The number of unbranched alkanes of at least 4 members (excludes halogenated alkanes) is 27. The minimum atomic E-state index is -0.167. The fraction of sp³-hybridized carbons (Fsp3) is 0.949. The van der Waals surface area contributed by atoms with Gasteiger partial charge >= 0.3 is 23.7 Å². The number of aliphatic hydroxyl groups is 2.